The molecule has 0 radical (unpaired) electrons. The van der Waals surface area contributed by atoms with E-state index in [1.807, 2.05) is 0 Å². The Hall–Kier alpha value is -1.90. The SMILES string of the molecule is COc1c(O)c2c(c(O)c1OC)C(O)(O)C(O)(O)N1CC(O)(CC(C)C)CC(O)(O)C21. The molecule has 0 saturated carbocycles. The smallest absolute Gasteiger partial charge is 0.287 e. The lowest BCUT2D eigenvalue weighted by Crippen LogP contribution is -2.75. The van der Waals surface area contributed by atoms with E-state index in [2.05, 4.69) is 0 Å². The van der Waals surface area contributed by atoms with Gasteiger partial charge in [-0.2, -0.15) is 0 Å². The van der Waals surface area contributed by atoms with Gasteiger partial charge in [-0.05, 0) is 12.3 Å². The van der Waals surface area contributed by atoms with Gasteiger partial charge in [0.1, 0.15) is 0 Å². The molecule has 9 N–H and O–H groups in total. The highest BCUT2D eigenvalue weighted by Crippen LogP contribution is 2.62. The maximum atomic E-state index is 11.0. The number of aliphatic hydroxyl groups is 7. The molecule has 0 aliphatic carbocycles. The number of phenolic OH excluding ortho intramolecular Hbond substituents is 2. The van der Waals surface area contributed by atoms with Gasteiger partial charge in [-0.3, -0.25) is 0 Å². The van der Waals surface area contributed by atoms with Crippen LogP contribution in [0.1, 0.15) is 43.9 Å². The second-order valence-electron chi connectivity index (χ2n) is 8.77. The predicted molar refractivity (Wildman–Crippen MR) is 102 cm³/mol. The zero-order valence-electron chi connectivity index (χ0n) is 17.6. The number of benzene rings is 1. The van der Waals surface area contributed by atoms with Crippen LogP contribution in [-0.4, -0.2) is 88.9 Å². The third kappa shape index (κ3) is 3.22. The van der Waals surface area contributed by atoms with Crippen molar-refractivity contribution >= 4 is 0 Å². The number of nitrogens with zero attached hydrogens (tertiary/aromatic N) is 1. The first-order valence-corrected chi connectivity index (χ1v) is 9.59. The molecule has 0 aromatic heterocycles. The summed E-state index contributed by atoms with van der Waals surface area (Å²) in [6.45, 7) is 2.86. The number of piperidine rings is 1. The summed E-state index contributed by atoms with van der Waals surface area (Å²) in [5.74, 6) is -13.2. The fourth-order valence-electron chi connectivity index (χ4n) is 4.93. The summed E-state index contributed by atoms with van der Waals surface area (Å²) < 4.78 is 9.96. The van der Waals surface area contributed by atoms with Crippen LogP contribution in [0.4, 0.5) is 0 Å². The first-order chi connectivity index (χ1) is 14.1. The molecule has 31 heavy (non-hydrogen) atoms. The summed E-state index contributed by atoms with van der Waals surface area (Å²) in [4.78, 5) is 0.451. The molecule has 2 aliphatic heterocycles. The van der Waals surface area contributed by atoms with Gasteiger partial charge in [-0.25, -0.2) is 4.90 Å². The quantitative estimate of drug-likeness (QED) is 0.184. The Morgan fingerprint density at radius 1 is 0.935 bits per heavy atom. The Kier molecular flexibility index (Phi) is 5.40. The number of methoxy groups -OCH3 is 2. The number of aromatic hydroxyl groups is 2. The van der Waals surface area contributed by atoms with Crippen LogP contribution in [0.2, 0.25) is 0 Å². The summed E-state index contributed by atoms with van der Waals surface area (Å²) in [5.41, 5.74) is -3.53. The Morgan fingerprint density at radius 2 is 1.45 bits per heavy atom. The first-order valence-electron chi connectivity index (χ1n) is 9.59. The largest absolute Gasteiger partial charge is 0.504 e. The lowest BCUT2D eigenvalue weighted by atomic mass is 9.72. The van der Waals surface area contributed by atoms with Gasteiger partial charge in [0.2, 0.25) is 11.5 Å². The van der Waals surface area contributed by atoms with Crippen molar-refractivity contribution < 1.29 is 55.4 Å². The van der Waals surface area contributed by atoms with Crippen LogP contribution in [-0.2, 0) is 5.79 Å². The zero-order valence-corrected chi connectivity index (χ0v) is 17.6. The standard InChI is InChI=1S/C19H29NO11/c1-8(2)5-16(23)6-17(24,25)15-9-10(18(26,27)19(28,29)20(15)7-16)12(22)14(31-4)13(30-3)11(9)21/h8,15,21-29H,5-7H2,1-4H3. The van der Waals surface area contributed by atoms with E-state index in [0.717, 1.165) is 14.2 Å². The second-order valence-corrected chi connectivity index (χ2v) is 8.77. The average Bonchev–Trinajstić information content (AvgIpc) is 2.59. The molecular formula is C19H29NO11. The monoisotopic (exact) mass is 447 g/mol. The summed E-state index contributed by atoms with van der Waals surface area (Å²) in [5, 5.41) is 97.0. The van der Waals surface area contributed by atoms with E-state index in [0.29, 0.717) is 4.90 Å². The lowest BCUT2D eigenvalue weighted by molar-refractivity contribution is -0.458. The highest BCUT2D eigenvalue weighted by molar-refractivity contribution is 5.69. The molecule has 3 rings (SSSR count). The molecule has 1 aromatic rings. The summed E-state index contributed by atoms with van der Waals surface area (Å²) >= 11 is 0. The van der Waals surface area contributed by atoms with Gasteiger partial charge in [0.05, 0.1) is 31.4 Å². The van der Waals surface area contributed by atoms with Gasteiger partial charge in [-0.15, -0.1) is 0 Å². The molecular weight excluding hydrogens is 418 g/mol. The van der Waals surface area contributed by atoms with Crippen molar-refractivity contribution in [3.63, 3.8) is 0 Å². The van der Waals surface area contributed by atoms with E-state index >= 15 is 0 Å². The van der Waals surface area contributed by atoms with Crippen molar-refractivity contribution in [2.75, 3.05) is 20.8 Å². The third-order valence-electron chi connectivity index (χ3n) is 5.89. The van der Waals surface area contributed by atoms with Crippen molar-refractivity contribution in [1.29, 1.82) is 0 Å². The molecule has 12 nitrogen and oxygen atoms in total. The maximum Gasteiger partial charge on any atom is 0.287 e. The van der Waals surface area contributed by atoms with Crippen LogP contribution in [0, 0.1) is 5.92 Å². The predicted octanol–water partition coefficient (Wildman–Crippen LogP) is -1.89. The lowest BCUT2D eigenvalue weighted by Gasteiger charge is -2.59. The number of phenols is 2. The minimum Gasteiger partial charge on any atom is -0.504 e. The highest BCUT2D eigenvalue weighted by atomic mass is 16.6. The number of hydrogen-bond acceptors (Lipinski definition) is 12. The fraction of sp³-hybridized carbons (Fsp3) is 0.684. The first kappa shape index (κ1) is 23.8. The van der Waals surface area contributed by atoms with Crippen molar-refractivity contribution in [2.45, 2.75) is 55.8 Å². The Balaban J connectivity index is 2.37. The molecule has 1 fully saturated rings. The second kappa shape index (κ2) is 7.05. The van der Waals surface area contributed by atoms with Crippen molar-refractivity contribution in [3.05, 3.63) is 11.1 Å². The Morgan fingerprint density at radius 3 is 1.94 bits per heavy atom. The molecule has 1 saturated heterocycles. The van der Waals surface area contributed by atoms with E-state index in [-0.39, 0.29) is 12.3 Å². The summed E-state index contributed by atoms with van der Waals surface area (Å²) in [6, 6.07) is -1.91. The highest BCUT2D eigenvalue weighted by Gasteiger charge is 2.69. The molecule has 2 aliphatic rings. The maximum absolute atomic E-state index is 11.0. The molecule has 0 spiro atoms. The topological polar surface area (TPSA) is 204 Å². The Labute approximate surface area is 177 Å². The van der Waals surface area contributed by atoms with Crippen molar-refractivity contribution in [2.24, 2.45) is 5.92 Å². The molecule has 2 unspecified atom stereocenters. The molecule has 0 bridgehead atoms. The van der Waals surface area contributed by atoms with Gasteiger partial charge < -0.3 is 55.4 Å². The number of rotatable bonds is 4. The third-order valence-corrected chi connectivity index (χ3v) is 5.89. The van der Waals surface area contributed by atoms with Crippen LogP contribution < -0.4 is 9.47 Å². The van der Waals surface area contributed by atoms with Crippen LogP contribution in [0.25, 0.3) is 0 Å². The number of hydrogen-bond donors (Lipinski definition) is 9. The summed E-state index contributed by atoms with van der Waals surface area (Å²) in [7, 11) is 2.19. The normalized spacial score (nSPS) is 28.7. The average molecular weight is 447 g/mol. The molecule has 2 atom stereocenters. The van der Waals surface area contributed by atoms with Crippen LogP contribution in [0.15, 0.2) is 0 Å². The Bertz CT molecular complexity index is 882. The molecule has 176 valence electrons. The van der Waals surface area contributed by atoms with Gasteiger partial charge in [0, 0.05) is 18.5 Å². The van der Waals surface area contributed by atoms with Gasteiger partial charge >= 0.3 is 0 Å². The van der Waals surface area contributed by atoms with Crippen molar-refractivity contribution in [1.82, 2.24) is 4.90 Å². The van der Waals surface area contributed by atoms with E-state index in [1.165, 1.54) is 0 Å². The van der Waals surface area contributed by atoms with E-state index < -0.39 is 76.2 Å². The zero-order chi connectivity index (χ0) is 23.7. The molecule has 2 heterocycles. The van der Waals surface area contributed by atoms with Gasteiger partial charge in [0.15, 0.2) is 17.3 Å². The van der Waals surface area contributed by atoms with E-state index in [1.54, 1.807) is 13.8 Å². The summed E-state index contributed by atoms with van der Waals surface area (Å²) in [6.07, 6.45) is -0.664. The van der Waals surface area contributed by atoms with E-state index in [4.69, 9.17) is 9.47 Å². The van der Waals surface area contributed by atoms with Crippen LogP contribution in [0.3, 0.4) is 0 Å². The molecule has 12 heteroatoms. The van der Waals surface area contributed by atoms with Crippen molar-refractivity contribution in [3.8, 4) is 23.0 Å². The molecule has 1 aromatic carbocycles. The van der Waals surface area contributed by atoms with E-state index in [9.17, 15) is 46.0 Å². The number of fused-ring (bicyclic) bond motifs is 3. The minimum atomic E-state index is -3.66. The van der Waals surface area contributed by atoms with Gasteiger partial charge in [-0.1, -0.05) is 13.8 Å². The molecule has 0 amide bonds. The minimum absolute atomic E-state index is 0.00898. The van der Waals surface area contributed by atoms with Gasteiger partial charge in [0.25, 0.3) is 11.7 Å². The number of ether oxygens (including phenoxy) is 2. The fourth-order valence-corrected chi connectivity index (χ4v) is 4.93. The van der Waals surface area contributed by atoms with Crippen LogP contribution in [0.5, 0.6) is 23.0 Å². The van der Waals surface area contributed by atoms with Crippen LogP contribution >= 0.6 is 0 Å².